The molecule has 1 atom stereocenters. The van der Waals surface area contributed by atoms with Gasteiger partial charge in [0.25, 0.3) is 0 Å². The summed E-state index contributed by atoms with van der Waals surface area (Å²) in [6.45, 7) is 3.11. The molecule has 0 aliphatic carbocycles. The molecule has 172 valence electrons. The van der Waals surface area contributed by atoms with Crippen molar-refractivity contribution in [2.45, 2.75) is 43.7 Å². The van der Waals surface area contributed by atoms with Crippen LogP contribution in [0.15, 0.2) is 95.9 Å². The van der Waals surface area contributed by atoms with E-state index in [-0.39, 0.29) is 17.6 Å². The molecule has 0 saturated carbocycles. The Balaban J connectivity index is 1.85. The van der Waals surface area contributed by atoms with Crippen LogP contribution in [0.1, 0.15) is 30.9 Å². The van der Waals surface area contributed by atoms with Crippen LogP contribution >= 0.6 is 11.8 Å². The van der Waals surface area contributed by atoms with Gasteiger partial charge in [-0.05, 0) is 29.7 Å². The highest BCUT2D eigenvalue weighted by Crippen LogP contribution is 2.21. The minimum Gasteiger partial charge on any atom is -0.354 e. The fourth-order valence-corrected chi connectivity index (χ4v) is 4.39. The standard InChI is InChI=1S/C28H32N2O2S/c1-2-3-19-29-28(32)26(20-23-13-7-4-8-14-23)30(21-24-15-9-5-10-16-24)27(31)22-33-25-17-11-6-12-18-25/h4-18,26H,2-3,19-22H2,1H3,(H,29,32). The highest BCUT2D eigenvalue weighted by atomic mass is 32.2. The quantitative estimate of drug-likeness (QED) is 0.293. The molecule has 0 aliphatic heterocycles. The Morgan fingerprint density at radius 1 is 0.848 bits per heavy atom. The van der Waals surface area contributed by atoms with E-state index in [9.17, 15) is 9.59 Å². The SMILES string of the molecule is CCCCNC(=O)C(Cc1ccccc1)N(Cc1ccccc1)C(=O)CSc1ccccc1. The van der Waals surface area contributed by atoms with Gasteiger partial charge in [0, 0.05) is 24.4 Å². The molecule has 0 saturated heterocycles. The van der Waals surface area contributed by atoms with Crippen LogP contribution in [0.4, 0.5) is 0 Å². The highest BCUT2D eigenvalue weighted by Gasteiger charge is 2.30. The Morgan fingerprint density at radius 2 is 1.42 bits per heavy atom. The van der Waals surface area contributed by atoms with Crippen molar-refractivity contribution in [1.29, 1.82) is 0 Å². The number of unbranched alkanes of at least 4 members (excludes halogenated alkanes) is 1. The molecule has 0 bridgehead atoms. The number of benzene rings is 3. The monoisotopic (exact) mass is 460 g/mol. The third kappa shape index (κ3) is 8.10. The van der Waals surface area contributed by atoms with E-state index in [0.29, 0.717) is 19.5 Å². The summed E-state index contributed by atoms with van der Waals surface area (Å²) in [4.78, 5) is 29.6. The second kappa shape index (κ2) is 13.5. The zero-order valence-corrected chi connectivity index (χ0v) is 20.0. The molecule has 0 heterocycles. The first-order valence-electron chi connectivity index (χ1n) is 11.5. The summed E-state index contributed by atoms with van der Waals surface area (Å²) in [6, 6.07) is 29.1. The van der Waals surface area contributed by atoms with Crippen molar-refractivity contribution >= 4 is 23.6 Å². The molecule has 2 amide bonds. The van der Waals surface area contributed by atoms with Crippen LogP contribution in [-0.2, 0) is 22.6 Å². The first-order chi connectivity index (χ1) is 16.2. The Kier molecular flexibility index (Phi) is 10.0. The maximum absolute atomic E-state index is 13.5. The highest BCUT2D eigenvalue weighted by molar-refractivity contribution is 8.00. The minimum atomic E-state index is -0.576. The molecule has 0 fully saturated rings. The molecular weight excluding hydrogens is 428 g/mol. The summed E-state index contributed by atoms with van der Waals surface area (Å²) < 4.78 is 0. The average Bonchev–Trinajstić information content (AvgIpc) is 2.86. The van der Waals surface area contributed by atoms with E-state index in [2.05, 4.69) is 12.2 Å². The van der Waals surface area contributed by atoms with Gasteiger partial charge in [-0.2, -0.15) is 0 Å². The van der Waals surface area contributed by atoms with Crippen LogP contribution < -0.4 is 5.32 Å². The van der Waals surface area contributed by atoms with E-state index < -0.39 is 6.04 Å². The van der Waals surface area contributed by atoms with Gasteiger partial charge in [0.15, 0.2) is 0 Å². The molecule has 3 aromatic rings. The first-order valence-corrected chi connectivity index (χ1v) is 12.5. The smallest absolute Gasteiger partial charge is 0.243 e. The van der Waals surface area contributed by atoms with Gasteiger partial charge < -0.3 is 10.2 Å². The zero-order chi connectivity index (χ0) is 23.3. The number of nitrogens with one attached hydrogen (secondary N) is 1. The number of thioether (sulfide) groups is 1. The van der Waals surface area contributed by atoms with Gasteiger partial charge in [-0.15, -0.1) is 11.8 Å². The van der Waals surface area contributed by atoms with Crippen molar-refractivity contribution in [2.75, 3.05) is 12.3 Å². The van der Waals surface area contributed by atoms with Crippen molar-refractivity contribution in [2.24, 2.45) is 0 Å². The molecule has 3 aromatic carbocycles. The Morgan fingerprint density at radius 3 is 2.03 bits per heavy atom. The molecule has 0 aromatic heterocycles. The summed E-state index contributed by atoms with van der Waals surface area (Å²) >= 11 is 1.50. The molecule has 33 heavy (non-hydrogen) atoms. The van der Waals surface area contributed by atoms with Crippen molar-refractivity contribution in [1.82, 2.24) is 10.2 Å². The van der Waals surface area contributed by atoms with Gasteiger partial charge in [0.1, 0.15) is 6.04 Å². The van der Waals surface area contributed by atoms with Crippen LogP contribution in [0.5, 0.6) is 0 Å². The molecule has 5 heteroatoms. The minimum absolute atomic E-state index is 0.0423. The largest absolute Gasteiger partial charge is 0.354 e. The van der Waals surface area contributed by atoms with Crippen molar-refractivity contribution in [3.8, 4) is 0 Å². The van der Waals surface area contributed by atoms with Crippen LogP contribution in [0.25, 0.3) is 0 Å². The number of nitrogens with zero attached hydrogens (tertiary/aromatic N) is 1. The maximum atomic E-state index is 13.5. The zero-order valence-electron chi connectivity index (χ0n) is 19.2. The predicted octanol–water partition coefficient (Wildman–Crippen LogP) is 5.34. The lowest BCUT2D eigenvalue weighted by molar-refractivity contribution is -0.139. The second-order valence-corrected chi connectivity index (χ2v) is 9.01. The Bertz CT molecular complexity index is 981. The van der Waals surface area contributed by atoms with E-state index >= 15 is 0 Å². The normalized spacial score (nSPS) is 11.5. The van der Waals surface area contributed by atoms with Crippen molar-refractivity contribution < 1.29 is 9.59 Å². The van der Waals surface area contributed by atoms with Crippen LogP contribution in [0.2, 0.25) is 0 Å². The topological polar surface area (TPSA) is 49.4 Å². The molecule has 4 nitrogen and oxygen atoms in total. The summed E-state index contributed by atoms with van der Waals surface area (Å²) in [5.41, 5.74) is 2.05. The third-order valence-electron chi connectivity index (χ3n) is 5.40. The molecule has 3 rings (SSSR count). The van der Waals surface area contributed by atoms with E-state index in [0.717, 1.165) is 28.9 Å². The van der Waals surface area contributed by atoms with Gasteiger partial charge in [0.2, 0.25) is 11.8 Å². The number of hydrogen-bond donors (Lipinski definition) is 1. The van der Waals surface area contributed by atoms with Crippen LogP contribution in [0.3, 0.4) is 0 Å². The fraction of sp³-hybridized carbons (Fsp3) is 0.286. The van der Waals surface area contributed by atoms with Gasteiger partial charge in [0.05, 0.1) is 5.75 Å². The van der Waals surface area contributed by atoms with E-state index in [1.807, 2.05) is 91.0 Å². The average molecular weight is 461 g/mol. The fourth-order valence-electron chi connectivity index (χ4n) is 3.58. The second-order valence-electron chi connectivity index (χ2n) is 7.96. The summed E-state index contributed by atoms with van der Waals surface area (Å²) in [5, 5.41) is 3.06. The van der Waals surface area contributed by atoms with Crippen LogP contribution in [0, 0.1) is 0 Å². The lowest BCUT2D eigenvalue weighted by Crippen LogP contribution is -2.51. The van der Waals surface area contributed by atoms with Gasteiger partial charge >= 0.3 is 0 Å². The van der Waals surface area contributed by atoms with Gasteiger partial charge in [-0.1, -0.05) is 92.2 Å². The molecule has 1 N–H and O–H groups in total. The summed E-state index contributed by atoms with van der Waals surface area (Å²) in [5.74, 6) is 0.144. The number of amides is 2. The molecule has 0 aliphatic rings. The van der Waals surface area contributed by atoms with E-state index in [1.54, 1.807) is 4.90 Å². The van der Waals surface area contributed by atoms with Gasteiger partial charge in [-0.25, -0.2) is 0 Å². The summed E-state index contributed by atoms with van der Waals surface area (Å²) in [6.07, 6.45) is 2.40. The van der Waals surface area contributed by atoms with E-state index in [1.165, 1.54) is 11.8 Å². The predicted molar refractivity (Wildman–Crippen MR) is 136 cm³/mol. The third-order valence-corrected chi connectivity index (χ3v) is 6.40. The van der Waals surface area contributed by atoms with Crippen molar-refractivity contribution in [3.63, 3.8) is 0 Å². The number of carbonyl (C=O) groups excluding carboxylic acids is 2. The Labute approximate surface area is 201 Å². The van der Waals surface area contributed by atoms with E-state index in [4.69, 9.17) is 0 Å². The lowest BCUT2D eigenvalue weighted by atomic mass is 10.0. The number of carbonyl (C=O) groups is 2. The number of rotatable bonds is 12. The lowest BCUT2D eigenvalue weighted by Gasteiger charge is -2.31. The maximum Gasteiger partial charge on any atom is 0.243 e. The summed E-state index contributed by atoms with van der Waals surface area (Å²) in [7, 11) is 0. The molecule has 0 spiro atoms. The van der Waals surface area contributed by atoms with Crippen molar-refractivity contribution in [3.05, 3.63) is 102 Å². The molecule has 1 unspecified atom stereocenters. The first kappa shape index (κ1) is 24.6. The van der Waals surface area contributed by atoms with Crippen LogP contribution in [-0.4, -0.2) is 35.1 Å². The number of hydrogen-bond acceptors (Lipinski definition) is 3. The van der Waals surface area contributed by atoms with Gasteiger partial charge in [-0.3, -0.25) is 9.59 Å². The molecular formula is C28H32N2O2S. The molecule has 0 radical (unpaired) electrons. The Hall–Kier alpha value is -3.05.